The van der Waals surface area contributed by atoms with E-state index in [1.807, 2.05) is 60.7 Å². The lowest BCUT2D eigenvalue weighted by Crippen LogP contribution is -1.95. The third-order valence-corrected chi connectivity index (χ3v) is 3.16. The standard InChI is InChI=1S/C17H14N2O/c1-12(20)13-6-9-15(10-7-13)18-17-11-8-14-4-2-3-5-16(14)19-17/h2-11H,1H3,(H,18,19). The number of anilines is 2. The van der Waals surface area contributed by atoms with E-state index in [-0.39, 0.29) is 5.78 Å². The number of aromatic nitrogens is 1. The Kier molecular flexibility index (Phi) is 3.17. The Labute approximate surface area is 117 Å². The van der Waals surface area contributed by atoms with Gasteiger partial charge in [0.15, 0.2) is 5.78 Å². The zero-order valence-electron chi connectivity index (χ0n) is 11.1. The largest absolute Gasteiger partial charge is 0.340 e. The average molecular weight is 262 g/mol. The summed E-state index contributed by atoms with van der Waals surface area (Å²) in [5, 5.41) is 4.36. The second kappa shape index (κ2) is 5.13. The molecular weight excluding hydrogens is 248 g/mol. The van der Waals surface area contributed by atoms with E-state index >= 15 is 0 Å². The Morgan fingerprint density at radius 3 is 2.45 bits per heavy atom. The number of nitrogens with one attached hydrogen (secondary N) is 1. The topological polar surface area (TPSA) is 42.0 Å². The predicted octanol–water partition coefficient (Wildman–Crippen LogP) is 4.18. The van der Waals surface area contributed by atoms with Crippen LogP contribution < -0.4 is 5.32 Å². The fraction of sp³-hybridized carbons (Fsp3) is 0.0588. The van der Waals surface area contributed by atoms with Crippen molar-refractivity contribution in [2.45, 2.75) is 6.92 Å². The van der Waals surface area contributed by atoms with Crippen LogP contribution in [-0.2, 0) is 0 Å². The van der Waals surface area contributed by atoms with Crippen molar-refractivity contribution in [3.05, 3.63) is 66.2 Å². The first-order valence-electron chi connectivity index (χ1n) is 6.46. The molecule has 0 aliphatic carbocycles. The minimum atomic E-state index is 0.0698. The highest BCUT2D eigenvalue weighted by Gasteiger charge is 2.01. The SMILES string of the molecule is CC(=O)c1ccc(Nc2ccc3ccccc3n2)cc1. The summed E-state index contributed by atoms with van der Waals surface area (Å²) < 4.78 is 0. The van der Waals surface area contributed by atoms with Crippen LogP contribution in [0.25, 0.3) is 10.9 Å². The summed E-state index contributed by atoms with van der Waals surface area (Å²) in [4.78, 5) is 15.8. The van der Waals surface area contributed by atoms with Gasteiger partial charge >= 0.3 is 0 Å². The molecule has 98 valence electrons. The van der Waals surface area contributed by atoms with Gasteiger partial charge in [-0.15, -0.1) is 0 Å². The molecule has 3 heteroatoms. The van der Waals surface area contributed by atoms with Gasteiger partial charge in [-0.2, -0.15) is 0 Å². The number of benzene rings is 2. The first-order chi connectivity index (χ1) is 9.72. The molecule has 1 N–H and O–H groups in total. The predicted molar refractivity (Wildman–Crippen MR) is 81.5 cm³/mol. The van der Waals surface area contributed by atoms with Crippen molar-refractivity contribution in [1.29, 1.82) is 0 Å². The lowest BCUT2D eigenvalue weighted by Gasteiger charge is -2.07. The van der Waals surface area contributed by atoms with E-state index in [2.05, 4.69) is 10.3 Å². The first kappa shape index (κ1) is 12.4. The molecule has 3 rings (SSSR count). The van der Waals surface area contributed by atoms with Crippen molar-refractivity contribution in [3.63, 3.8) is 0 Å². The molecule has 0 saturated heterocycles. The lowest BCUT2D eigenvalue weighted by molar-refractivity contribution is 0.101. The molecule has 3 aromatic rings. The Morgan fingerprint density at radius 1 is 0.950 bits per heavy atom. The van der Waals surface area contributed by atoms with Crippen LogP contribution in [0.5, 0.6) is 0 Å². The summed E-state index contributed by atoms with van der Waals surface area (Å²) in [5.74, 6) is 0.861. The molecule has 3 nitrogen and oxygen atoms in total. The average Bonchev–Trinajstić information content (AvgIpc) is 2.48. The van der Waals surface area contributed by atoms with Crippen LogP contribution >= 0.6 is 0 Å². The van der Waals surface area contributed by atoms with Crippen LogP contribution in [0.3, 0.4) is 0 Å². The summed E-state index contributed by atoms with van der Waals surface area (Å²) in [5.41, 5.74) is 2.58. The Balaban J connectivity index is 1.87. The number of carbonyl (C=O) groups excluding carboxylic acids is 1. The number of nitrogens with zero attached hydrogens (tertiary/aromatic N) is 1. The molecule has 0 saturated carbocycles. The summed E-state index contributed by atoms with van der Waals surface area (Å²) in [6, 6.07) is 19.4. The van der Waals surface area contributed by atoms with E-state index in [1.165, 1.54) is 0 Å². The minimum Gasteiger partial charge on any atom is -0.340 e. The van der Waals surface area contributed by atoms with Gasteiger partial charge in [0.05, 0.1) is 5.52 Å². The van der Waals surface area contributed by atoms with Crippen LogP contribution in [0, 0.1) is 0 Å². The van der Waals surface area contributed by atoms with Gasteiger partial charge in [-0.25, -0.2) is 4.98 Å². The zero-order chi connectivity index (χ0) is 13.9. The van der Waals surface area contributed by atoms with Gasteiger partial charge in [0, 0.05) is 16.6 Å². The smallest absolute Gasteiger partial charge is 0.159 e. The number of hydrogen-bond acceptors (Lipinski definition) is 3. The molecule has 0 unspecified atom stereocenters. The molecule has 20 heavy (non-hydrogen) atoms. The van der Waals surface area contributed by atoms with Gasteiger partial charge in [-0.3, -0.25) is 4.79 Å². The first-order valence-corrected chi connectivity index (χ1v) is 6.46. The van der Waals surface area contributed by atoms with Crippen molar-refractivity contribution in [3.8, 4) is 0 Å². The highest BCUT2D eigenvalue weighted by atomic mass is 16.1. The Morgan fingerprint density at radius 2 is 1.70 bits per heavy atom. The molecule has 1 heterocycles. The number of ketones is 1. The summed E-state index contributed by atoms with van der Waals surface area (Å²) in [7, 11) is 0. The van der Waals surface area contributed by atoms with E-state index in [0.717, 1.165) is 22.4 Å². The van der Waals surface area contributed by atoms with Crippen molar-refractivity contribution in [2.24, 2.45) is 0 Å². The lowest BCUT2D eigenvalue weighted by atomic mass is 10.1. The Hall–Kier alpha value is -2.68. The summed E-state index contributed by atoms with van der Waals surface area (Å²) in [6.45, 7) is 1.56. The highest BCUT2D eigenvalue weighted by molar-refractivity contribution is 5.94. The number of Topliss-reactive ketones (excluding diaryl/α,β-unsaturated/α-hetero) is 1. The third-order valence-electron chi connectivity index (χ3n) is 3.16. The molecule has 0 aliphatic heterocycles. The zero-order valence-corrected chi connectivity index (χ0v) is 11.1. The number of hydrogen-bond donors (Lipinski definition) is 1. The molecule has 0 aliphatic rings. The molecule has 0 bridgehead atoms. The summed E-state index contributed by atoms with van der Waals surface area (Å²) >= 11 is 0. The van der Waals surface area contributed by atoms with Gasteiger partial charge in [0.25, 0.3) is 0 Å². The van der Waals surface area contributed by atoms with E-state index in [9.17, 15) is 4.79 Å². The molecule has 2 aromatic carbocycles. The maximum Gasteiger partial charge on any atom is 0.159 e. The summed E-state index contributed by atoms with van der Waals surface area (Å²) in [6.07, 6.45) is 0. The minimum absolute atomic E-state index is 0.0698. The van der Waals surface area contributed by atoms with Crippen molar-refractivity contribution in [1.82, 2.24) is 4.98 Å². The van der Waals surface area contributed by atoms with Crippen molar-refractivity contribution >= 4 is 28.2 Å². The van der Waals surface area contributed by atoms with E-state index in [1.54, 1.807) is 6.92 Å². The molecule has 0 spiro atoms. The molecule has 1 aromatic heterocycles. The molecular formula is C17H14N2O. The molecule has 0 amide bonds. The van der Waals surface area contributed by atoms with Crippen LogP contribution in [0.4, 0.5) is 11.5 Å². The number of para-hydroxylation sites is 1. The number of rotatable bonds is 3. The van der Waals surface area contributed by atoms with Crippen LogP contribution in [-0.4, -0.2) is 10.8 Å². The number of carbonyl (C=O) groups is 1. The maximum absolute atomic E-state index is 11.2. The quantitative estimate of drug-likeness (QED) is 0.720. The fourth-order valence-corrected chi connectivity index (χ4v) is 2.07. The van der Waals surface area contributed by atoms with Gasteiger partial charge in [-0.1, -0.05) is 18.2 Å². The monoisotopic (exact) mass is 262 g/mol. The van der Waals surface area contributed by atoms with Crippen molar-refractivity contribution in [2.75, 3.05) is 5.32 Å². The maximum atomic E-state index is 11.2. The van der Waals surface area contributed by atoms with Crippen LogP contribution in [0.15, 0.2) is 60.7 Å². The van der Waals surface area contributed by atoms with E-state index in [0.29, 0.717) is 5.56 Å². The van der Waals surface area contributed by atoms with Gasteiger partial charge in [0.1, 0.15) is 5.82 Å². The van der Waals surface area contributed by atoms with E-state index in [4.69, 9.17) is 0 Å². The number of pyridine rings is 1. The van der Waals surface area contributed by atoms with Gasteiger partial charge in [-0.05, 0) is 49.4 Å². The fourth-order valence-electron chi connectivity index (χ4n) is 2.07. The van der Waals surface area contributed by atoms with E-state index < -0.39 is 0 Å². The molecule has 0 fully saturated rings. The molecule has 0 atom stereocenters. The second-order valence-electron chi connectivity index (χ2n) is 4.65. The van der Waals surface area contributed by atoms with Crippen LogP contribution in [0.2, 0.25) is 0 Å². The van der Waals surface area contributed by atoms with Gasteiger partial charge < -0.3 is 5.32 Å². The third kappa shape index (κ3) is 2.52. The van der Waals surface area contributed by atoms with Crippen LogP contribution in [0.1, 0.15) is 17.3 Å². The number of fused-ring (bicyclic) bond motifs is 1. The highest BCUT2D eigenvalue weighted by Crippen LogP contribution is 2.19. The van der Waals surface area contributed by atoms with Crippen molar-refractivity contribution < 1.29 is 4.79 Å². The van der Waals surface area contributed by atoms with Gasteiger partial charge in [0.2, 0.25) is 0 Å². The second-order valence-corrected chi connectivity index (χ2v) is 4.65. The Bertz CT molecular complexity index is 763. The molecule has 0 radical (unpaired) electrons. The normalized spacial score (nSPS) is 10.4.